The van der Waals surface area contributed by atoms with Gasteiger partial charge in [-0.25, -0.2) is 4.90 Å². The predicted molar refractivity (Wildman–Crippen MR) is 240 cm³/mol. The summed E-state index contributed by atoms with van der Waals surface area (Å²) < 4.78 is 86.3. The van der Waals surface area contributed by atoms with Crippen molar-refractivity contribution in [2.24, 2.45) is 0 Å². The number of anilines is 1. The van der Waals surface area contributed by atoms with Crippen LogP contribution in [0.5, 0.6) is 0 Å². The molecule has 8 aromatic carbocycles. The standard InChI is InChI=1S/C54H34F6N2O2/c1-31-22-32(2)24-38(23-31)36-16-19-42-43-20-17-37(39-25-40(53(55,56)57)30-41(26-39)54(58,59)60)29-49(43)61(48(42)28-36)47-15-9-14-44-50(47)52(64)62(51(44)63)46-21-18-35(33-10-5-3-6-11-33)27-45(46)34-12-7-4-8-13-34/h3-30H,1-2H3. The minimum atomic E-state index is -5.05. The van der Waals surface area contributed by atoms with Crippen molar-refractivity contribution in [3.8, 4) is 50.2 Å². The SMILES string of the molecule is Cc1cc(C)cc(-c2ccc3c4ccc(-c5cc(C(F)(F)F)cc(C(F)(F)F)c5)cc4n(-c4cccc5c4C(=O)N(c4ccc(-c6ccccc6)cc4-c4ccccc4)C5=O)c3c2)c1. The lowest BCUT2D eigenvalue weighted by Crippen LogP contribution is -2.30. The van der Waals surface area contributed by atoms with Crippen LogP contribution in [0.15, 0.2) is 170 Å². The molecule has 0 unspecified atom stereocenters. The van der Waals surface area contributed by atoms with Crippen LogP contribution < -0.4 is 4.90 Å². The molecule has 0 saturated heterocycles. The van der Waals surface area contributed by atoms with E-state index in [2.05, 4.69) is 6.07 Å². The van der Waals surface area contributed by atoms with Gasteiger partial charge in [-0.2, -0.15) is 26.3 Å². The molecule has 9 aromatic rings. The Balaban J connectivity index is 1.21. The van der Waals surface area contributed by atoms with E-state index in [1.54, 1.807) is 34.9 Å². The third kappa shape index (κ3) is 6.91. The van der Waals surface area contributed by atoms with E-state index in [0.717, 1.165) is 38.9 Å². The Kier molecular flexibility index (Phi) is 9.44. The topological polar surface area (TPSA) is 42.3 Å². The van der Waals surface area contributed by atoms with Gasteiger partial charge in [0.1, 0.15) is 0 Å². The van der Waals surface area contributed by atoms with E-state index in [9.17, 15) is 31.1 Å². The summed E-state index contributed by atoms with van der Waals surface area (Å²) in [6, 6.07) is 47.8. The molecule has 1 aliphatic heterocycles. The van der Waals surface area contributed by atoms with Crippen molar-refractivity contribution in [1.82, 2.24) is 4.57 Å². The van der Waals surface area contributed by atoms with Gasteiger partial charge in [0.05, 0.1) is 44.7 Å². The molecular formula is C54H34F6N2O2. The van der Waals surface area contributed by atoms with Gasteiger partial charge in [-0.3, -0.25) is 9.59 Å². The zero-order chi connectivity index (χ0) is 44.7. The maximum atomic E-state index is 15.1. The van der Waals surface area contributed by atoms with E-state index in [0.29, 0.717) is 50.9 Å². The summed E-state index contributed by atoms with van der Waals surface area (Å²) in [4.78, 5) is 31.0. The average Bonchev–Trinajstić information content (AvgIpc) is 3.74. The maximum absolute atomic E-state index is 15.1. The van der Waals surface area contributed by atoms with Crippen LogP contribution in [0, 0.1) is 13.8 Å². The summed E-state index contributed by atoms with van der Waals surface area (Å²) in [5.74, 6) is -1.14. The van der Waals surface area contributed by atoms with Gasteiger partial charge in [0, 0.05) is 16.3 Å². The fourth-order valence-corrected chi connectivity index (χ4v) is 8.96. The van der Waals surface area contributed by atoms with Crippen molar-refractivity contribution in [3.05, 3.63) is 203 Å². The first-order valence-corrected chi connectivity index (χ1v) is 20.4. The van der Waals surface area contributed by atoms with Crippen LogP contribution in [0.4, 0.5) is 32.0 Å². The van der Waals surface area contributed by atoms with Crippen LogP contribution in [0.2, 0.25) is 0 Å². The molecule has 314 valence electrons. The van der Waals surface area contributed by atoms with Crippen molar-refractivity contribution in [2.75, 3.05) is 4.90 Å². The number of aromatic nitrogens is 1. The van der Waals surface area contributed by atoms with Gasteiger partial charge in [-0.05, 0) is 107 Å². The Bertz CT molecular complexity index is 3320. The van der Waals surface area contributed by atoms with Gasteiger partial charge in [-0.1, -0.05) is 126 Å². The largest absolute Gasteiger partial charge is 0.416 e. The van der Waals surface area contributed by atoms with Crippen LogP contribution >= 0.6 is 0 Å². The molecule has 0 saturated carbocycles. The minimum absolute atomic E-state index is 0.0882. The average molecular weight is 857 g/mol. The molecule has 0 fully saturated rings. The number of benzene rings is 8. The first-order valence-electron chi connectivity index (χ1n) is 20.4. The van der Waals surface area contributed by atoms with Crippen molar-refractivity contribution in [3.63, 3.8) is 0 Å². The Morgan fingerprint density at radius 2 is 0.906 bits per heavy atom. The number of carbonyl (C=O) groups excluding carboxylic acids is 2. The Morgan fingerprint density at radius 1 is 0.391 bits per heavy atom. The molecule has 0 atom stereocenters. The zero-order valence-electron chi connectivity index (χ0n) is 34.1. The molecule has 0 N–H and O–H groups in total. The molecular weight excluding hydrogens is 823 g/mol. The Morgan fingerprint density at radius 3 is 1.47 bits per heavy atom. The number of hydrogen-bond donors (Lipinski definition) is 0. The highest BCUT2D eigenvalue weighted by Gasteiger charge is 2.41. The van der Waals surface area contributed by atoms with E-state index >= 15 is 4.79 Å². The molecule has 10 heteroatoms. The minimum Gasteiger partial charge on any atom is -0.308 e. The number of aryl methyl sites for hydroxylation is 2. The molecule has 0 spiro atoms. The summed E-state index contributed by atoms with van der Waals surface area (Å²) in [5, 5.41) is 1.34. The van der Waals surface area contributed by atoms with Crippen molar-refractivity contribution >= 4 is 39.3 Å². The molecule has 64 heavy (non-hydrogen) atoms. The fraction of sp³-hybridized carbons (Fsp3) is 0.0741. The molecule has 0 radical (unpaired) electrons. The van der Waals surface area contributed by atoms with E-state index < -0.39 is 35.3 Å². The number of imide groups is 1. The van der Waals surface area contributed by atoms with Gasteiger partial charge in [0.2, 0.25) is 0 Å². The van der Waals surface area contributed by atoms with Gasteiger partial charge in [0.25, 0.3) is 11.8 Å². The smallest absolute Gasteiger partial charge is 0.308 e. The molecule has 4 nitrogen and oxygen atoms in total. The number of hydrogen-bond acceptors (Lipinski definition) is 2. The molecule has 10 rings (SSSR count). The molecule has 0 bridgehead atoms. The summed E-state index contributed by atoms with van der Waals surface area (Å²) in [7, 11) is 0. The third-order valence-electron chi connectivity index (χ3n) is 11.8. The zero-order valence-corrected chi connectivity index (χ0v) is 34.1. The highest BCUT2D eigenvalue weighted by atomic mass is 19.4. The lowest BCUT2D eigenvalue weighted by Gasteiger charge is -2.20. The van der Waals surface area contributed by atoms with Crippen LogP contribution in [0.25, 0.3) is 72.0 Å². The van der Waals surface area contributed by atoms with E-state index in [-0.39, 0.29) is 28.3 Å². The molecule has 2 heterocycles. The van der Waals surface area contributed by atoms with Crippen molar-refractivity contribution in [2.45, 2.75) is 26.2 Å². The number of rotatable bonds is 6. The first-order chi connectivity index (χ1) is 30.6. The van der Waals surface area contributed by atoms with Gasteiger partial charge in [-0.15, -0.1) is 0 Å². The van der Waals surface area contributed by atoms with E-state index in [1.807, 2.05) is 117 Å². The molecule has 0 aliphatic carbocycles. The summed E-state index contributed by atoms with van der Waals surface area (Å²) >= 11 is 0. The number of amides is 2. The van der Waals surface area contributed by atoms with E-state index in [1.165, 1.54) is 17.0 Å². The number of nitrogens with zero attached hydrogens (tertiary/aromatic N) is 2. The van der Waals surface area contributed by atoms with Gasteiger partial charge in [0.15, 0.2) is 0 Å². The monoisotopic (exact) mass is 856 g/mol. The summed E-state index contributed by atoms with van der Waals surface area (Å²) in [6.45, 7) is 3.98. The molecule has 1 aromatic heterocycles. The van der Waals surface area contributed by atoms with Crippen LogP contribution in [0.3, 0.4) is 0 Å². The molecule has 1 aliphatic rings. The van der Waals surface area contributed by atoms with Crippen LogP contribution in [0.1, 0.15) is 43.0 Å². The first kappa shape index (κ1) is 40.4. The highest BCUT2D eigenvalue weighted by molar-refractivity contribution is 6.36. The molecule has 2 amide bonds. The van der Waals surface area contributed by atoms with Crippen LogP contribution in [-0.4, -0.2) is 16.4 Å². The lowest BCUT2D eigenvalue weighted by atomic mass is 9.97. The number of carbonyl (C=O) groups is 2. The normalized spacial score (nSPS) is 13.0. The maximum Gasteiger partial charge on any atom is 0.416 e. The second-order valence-corrected chi connectivity index (χ2v) is 16.1. The number of halogens is 6. The summed E-state index contributed by atoms with van der Waals surface area (Å²) in [6.07, 6.45) is -10.1. The second-order valence-electron chi connectivity index (χ2n) is 16.1. The van der Waals surface area contributed by atoms with Crippen LogP contribution in [-0.2, 0) is 12.4 Å². The van der Waals surface area contributed by atoms with Crippen molar-refractivity contribution < 1.29 is 35.9 Å². The van der Waals surface area contributed by atoms with Gasteiger partial charge >= 0.3 is 12.4 Å². The third-order valence-corrected chi connectivity index (χ3v) is 11.8. The van der Waals surface area contributed by atoms with E-state index in [4.69, 9.17) is 0 Å². The highest BCUT2D eigenvalue weighted by Crippen LogP contribution is 2.44. The second kappa shape index (κ2) is 15.0. The van der Waals surface area contributed by atoms with Crippen molar-refractivity contribution in [1.29, 1.82) is 0 Å². The predicted octanol–water partition coefficient (Wildman–Crippen LogP) is 14.9. The number of alkyl halides is 6. The Labute approximate surface area is 363 Å². The summed E-state index contributed by atoms with van der Waals surface area (Å²) in [5.41, 5.74) is 5.93. The van der Waals surface area contributed by atoms with Gasteiger partial charge < -0.3 is 4.57 Å². The quantitative estimate of drug-likeness (QED) is 0.123. The number of fused-ring (bicyclic) bond motifs is 4. The fourth-order valence-electron chi connectivity index (χ4n) is 8.96. The lowest BCUT2D eigenvalue weighted by molar-refractivity contribution is -0.143. The Hall–Kier alpha value is -7.72.